The van der Waals surface area contributed by atoms with E-state index in [2.05, 4.69) is 28.2 Å². The Morgan fingerprint density at radius 1 is 1.12 bits per heavy atom. The summed E-state index contributed by atoms with van der Waals surface area (Å²) in [7, 11) is 0. The summed E-state index contributed by atoms with van der Waals surface area (Å²) >= 11 is 1.55. The normalized spacial score (nSPS) is 11.1. The summed E-state index contributed by atoms with van der Waals surface area (Å²) < 4.78 is 11.5. The Morgan fingerprint density at radius 2 is 2.04 bits per heavy atom. The Hall–Kier alpha value is -2.73. The lowest BCUT2D eigenvalue weighted by atomic mass is 10.2. The maximum atomic E-state index is 5.80. The molecule has 0 saturated carbocycles. The van der Waals surface area contributed by atoms with Gasteiger partial charge in [0, 0.05) is 22.9 Å². The van der Waals surface area contributed by atoms with E-state index in [9.17, 15) is 0 Å². The topological polar surface area (TPSA) is 63.9 Å². The third-order valence-electron chi connectivity index (χ3n) is 4.00. The number of aromatic amines is 1. The first-order valence-electron chi connectivity index (χ1n) is 8.52. The van der Waals surface area contributed by atoms with Gasteiger partial charge in [-0.1, -0.05) is 42.1 Å². The summed E-state index contributed by atoms with van der Waals surface area (Å²) in [6.07, 6.45) is 2.81. The molecule has 5 nitrogen and oxygen atoms in total. The predicted octanol–water partition coefficient (Wildman–Crippen LogP) is 5.09. The Morgan fingerprint density at radius 3 is 2.96 bits per heavy atom. The van der Waals surface area contributed by atoms with Crippen molar-refractivity contribution in [2.75, 3.05) is 12.4 Å². The van der Waals surface area contributed by atoms with Gasteiger partial charge in [0.25, 0.3) is 11.1 Å². The van der Waals surface area contributed by atoms with E-state index in [0.717, 1.165) is 34.4 Å². The fraction of sp³-hybridized carbons (Fsp3) is 0.200. The highest BCUT2D eigenvalue weighted by Gasteiger charge is 2.13. The fourth-order valence-corrected chi connectivity index (χ4v) is 3.41. The number of ether oxygens (including phenoxy) is 1. The van der Waals surface area contributed by atoms with Crippen molar-refractivity contribution in [3.8, 4) is 17.2 Å². The summed E-state index contributed by atoms with van der Waals surface area (Å²) in [4.78, 5) is 3.22. The molecule has 2 heterocycles. The lowest BCUT2D eigenvalue weighted by Crippen LogP contribution is -1.98. The van der Waals surface area contributed by atoms with E-state index in [1.807, 2.05) is 48.7 Å². The smallest absolute Gasteiger partial charge is 0.276 e. The molecule has 2 aromatic heterocycles. The summed E-state index contributed by atoms with van der Waals surface area (Å²) in [5.41, 5.74) is 3.19. The summed E-state index contributed by atoms with van der Waals surface area (Å²) in [6, 6.07) is 16.1. The molecular formula is C20H19N3O2S. The molecule has 0 amide bonds. The van der Waals surface area contributed by atoms with E-state index in [4.69, 9.17) is 9.15 Å². The zero-order valence-corrected chi connectivity index (χ0v) is 15.3. The first-order valence-corrected chi connectivity index (χ1v) is 9.50. The van der Waals surface area contributed by atoms with Crippen molar-refractivity contribution < 1.29 is 9.15 Å². The third kappa shape index (κ3) is 3.75. The minimum absolute atomic E-state index is 0.543. The van der Waals surface area contributed by atoms with Gasteiger partial charge in [0.15, 0.2) is 0 Å². The van der Waals surface area contributed by atoms with Crippen LogP contribution >= 0.6 is 11.8 Å². The highest BCUT2D eigenvalue weighted by molar-refractivity contribution is 7.99. The number of benzene rings is 2. The molecule has 0 fully saturated rings. The van der Waals surface area contributed by atoms with Crippen LogP contribution in [-0.2, 0) is 0 Å². The average molecular weight is 365 g/mol. The fourth-order valence-electron chi connectivity index (χ4n) is 2.74. The summed E-state index contributed by atoms with van der Waals surface area (Å²) in [6.45, 7) is 2.73. The van der Waals surface area contributed by atoms with Gasteiger partial charge in [-0.2, -0.15) is 0 Å². The number of fused-ring (bicyclic) bond motifs is 1. The third-order valence-corrected chi connectivity index (χ3v) is 4.90. The van der Waals surface area contributed by atoms with Crippen molar-refractivity contribution in [1.82, 2.24) is 15.2 Å². The van der Waals surface area contributed by atoms with Crippen LogP contribution in [0.15, 0.2) is 64.4 Å². The number of thioether (sulfide) groups is 1. The minimum atomic E-state index is 0.543. The molecule has 0 unspecified atom stereocenters. The highest BCUT2D eigenvalue weighted by Crippen LogP contribution is 2.29. The molecular weight excluding hydrogens is 346 g/mol. The molecule has 0 aliphatic heterocycles. The number of aromatic nitrogens is 3. The Labute approximate surface area is 155 Å². The number of hydrogen-bond acceptors (Lipinski definition) is 5. The quantitative estimate of drug-likeness (QED) is 0.365. The molecule has 0 spiro atoms. The van der Waals surface area contributed by atoms with E-state index in [1.165, 1.54) is 5.56 Å². The van der Waals surface area contributed by atoms with Crippen molar-refractivity contribution in [3.63, 3.8) is 0 Å². The molecule has 0 bridgehead atoms. The largest absolute Gasteiger partial charge is 0.494 e. The van der Waals surface area contributed by atoms with Crippen LogP contribution in [0.4, 0.5) is 0 Å². The standard InChI is InChI=1S/C20H19N3O2S/c1-14-6-4-7-15(12-14)24-10-5-11-26-20-23-22-19(25-20)17-13-21-18-9-3-2-8-16(17)18/h2-4,6-9,12-13,21H,5,10-11H2,1H3. The van der Waals surface area contributed by atoms with Gasteiger partial charge in [-0.05, 0) is 37.1 Å². The minimum Gasteiger partial charge on any atom is -0.494 e. The molecule has 2 aromatic carbocycles. The summed E-state index contributed by atoms with van der Waals surface area (Å²) in [5, 5.41) is 9.98. The molecule has 4 aromatic rings. The molecule has 0 aliphatic carbocycles. The zero-order chi connectivity index (χ0) is 17.8. The van der Waals surface area contributed by atoms with Crippen LogP contribution in [0.5, 0.6) is 5.75 Å². The molecule has 6 heteroatoms. The van der Waals surface area contributed by atoms with Crippen molar-refractivity contribution >= 4 is 22.7 Å². The van der Waals surface area contributed by atoms with Crippen LogP contribution < -0.4 is 4.74 Å². The number of rotatable bonds is 7. The number of para-hydroxylation sites is 1. The Bertz CT molecular complexity index is 1010. The number of hydrogen-bond donors (Lipinski definition) is 1. The first kappa shape index (κ1) is 16.7. The summed E-state index contributed by atoms with van der Waals surface area (Å²) in [5.74, 6) is 2.32. The van der Waals surface area contributed by atoms with Gasteiger partial charge in [0.05, 0.1) is 12.2 Å². The maximum absolute atomic E-state index is 5.80. The van der Waals surface area contributed by atoms with Crippen LogP contribution in [0.2, 0.25) is 0 Å². The molecule has 0 radical (unpaired) electrons. The highest BCUT2D eigenvalue weighted by atomic mass is 32.2. The average Bonchev–Trinajstić information content (AvgIpc) is 3.28. The molecule has 4 rings (SSSR count). The lowest BCUT2D eigenvalue weighted by Gasteiger charge is -2.05. The monoisotopic (exact) mass is 365 g/mol. The number of nitrogens with zero attached hydrogens (tertiary/aromatic N) is 2. The van der Waals surface area contributed by atoms with Crippen LogP contribution in [0.1, 0.15) is 12.0 Å². The Kier molecular flexibility index (Phi) is 4.93. The van der Waals surface area contributed by atoms with E-state index >= 15 is 0 Å². The molecule has 0 aliphatic rings. The van der Waals surface area contributed by atoms with Gasteiger partial charge in [0.1, 0.15) is 5.75 Å². The number of aryl methyl sites for hydroxylation is 1. The number of nitrogens with one attached hydrogen (secondary N) is 1. The predicted molar refractivity (Wildman–Crippen MR) is 104 cm³/mol. The molecule has 1 N–H and O–H groups in total. The van der Waals surface area contributed by atoms with Gasteiger partial charge < -0.3 is 14.1 Å². The van der Waals surface area contributed by atoms with Crippen molar-refractivity contribution in [2.45, 2.75) is 18.6 Å². The van der Waals surface area contributed by atoms with Crippen molar-refractivity contribution in [2.24, 2.45) is 0 Å². The molecule has 132 valence electrons. The van der Waals surface area contributed by atoms with Crippen LogP contribution in [-0.4, -0.2) is 27.5 Å². The molecule has 0 saturated heterocycles. The Balaban J connectivity index is 1.30. The van der Waals surface area contributed by atoms with Crippen molar-refractivity contribution in [3.05, 3.63) is 60.3 Å². The number of H-pyrrole nitrogens is 1. The van der Waals surface area contributed by atoms with Gasteiger partial charge >= 0.3 is 0 Å². The second-order valence-electron chi connectivity index (χ2n) is 5.99. The van der Waals surface area contributed by atoms with E-state index in [0.29, 0.717) is 17.7 Å². The van der Waals surface area contributed by atoms with E-state index in [-0.39, 0.29) is 0 Å². The van der Waals surface area contributed by atoms with E-state index < -0.39 is 0 Å². The lowest BCUT2D eigenvalue weighted by molar-refractivity contribution is 0.318. The van der Waals surface area contributed by atoms with Crippen molar-refractivity contribution in [1.29, 1.82) is 0 Å². The van der Waals surface area contributed by atoms with Crippen LogP contribution in [0.25, 0.3) is 22.4 Å². The second-order valence-corrected chi connectivity index (χ2v) is 7.03. The van der Waals surface area contributed by atoms with Gasteiger partial charge in [0.2, 0.25) is 0 Å². The SMILES string of the molecule is Cc1cccc(OCCCSc2nnc(-c3c[nH]c4ccccc34)o2)c1. The van der Waals surface area contributed by atoms with Gasteiger partial charge in [-0.15, -0.1) is 10.2 Å². The molecule has 26 heavy (non-hydrogen) atoms. The van der Waals surface area contributed by atoms with E-state index in [1.54, 1.807) is 11.8 Å². The van der Waals surface area contributed by atoms with Crippen LogP contribution in [0.3, 0.4) is 0 Å². The zero-order valence-electron chi connectivity index (χ0n) is 14.4. The van der Waals surface area contributed by atoms with Gasteiger partial charge in [-0.25, -0.2) is 0 Å². The van der Waals surface area contributed by atoms with Crippen LogP contribution in [0, 0.1) is 6.92 Å². The molecule has 0 atom stereocenters. The van der Waals surface area contributed by atoms with Gasteiger partial charge in [-0.3, -0.25) is 0 Å². The maximum Gasteiger partial charge on any atom is 0.276 e. The first-order chi connectivity index (χ1) is 12.8. The second kappa shape index (κ2) is 7.66.